The molecule has 0 heterocycles. The molecule has 0 spiro atoms. The molecule has 6 heteroatoms. The molecule has 1 N–H and O–H groups in total. The molecule has 0 bridgehead atoms. The maximum absolute atomic E-state index is 11.7. The van der Waals surface area contributed by atoms with Crippen LogP contribution < -0.4 is 10.2 Å². The Hall–Kier alpha value is -1.26. The van der Waals surface area contributed by atoms with Crippen LogP contribution in [-0.2, 0) is 4.79 Å². The lowest BCUT2D eigenvalue weighted by atomic mass is 9.89. The molecule has 4 nitrogen and oxygen atoms in total. The van der Waals surface area contributed by atoms with Crippen molar-refractivity contribution in [3.63, 3.8) is 0 Å². The molecule has 1 aromatic rings. The van der Waals surface area contributed by atoms with Gasteiger partial charge in [0, 0.05) is 10.7 Å². The summed E-state index contributed by atoms with van der Waals surface area (Å²) in [5, 5.41) is 5.07. The fraction of sp³-hybridized carbons (Fsp3) is 0.467. The topological polar surface area (TPSA) is 50.7 Å². The zero-order valence-corrected chi connectivity index (χ0v) is 13.4. The van der Waals surface area contributed by atoms with Gasteiger partial charge in [0.25, 0.3) is 5.91 Å². The van der Waals surface area contributed by atoms with Gasteiger partial charge in [0.2, 0.25) is 0 Å². The van der Waals surface area contributed by atoms with Gasteiger partial charge in [-0.15, -0.1) is 0 Å². The number of carbonyl (C=O) groups is 1. The van der Waals surface area contributed by atoms with E-state index in [9.17, 15) is 4.79 Å². The monoisotopic (exact) mass is 328 g/mol. The van der Waals surface area contributed by atoms with Gasteiger partial charge in [-0.3, -0.25) is 4.79 Å². The Morgan fingerprint density at radius 1 is 1.48 bits per heavy atom. The van der Waals surface area contributed by atoms with Crippen LogP contribution in [-0.4, -0.2) is 18.2 Å². The number of amides is 1. The summed E-state index contributed by atoms with van der Waals surface area (Å²) in [5.41, 5.74) is 3.58. The minimum Gasteiger partial charge on any atom is -0.482 e. The van der Waals surface area contributed by atoms with E-state index < -0.39 is 0 Å². The van der Waals surface area contributed by atoms with Crippen LogP contribution in [0.15, 0.2) is 23.3 Å². The first-order valence-corrected chi connectivity index (χ1v) is 7.72. The van der Waals surface area contributed by atoms with Gasteiger partial charge >= 0.3 is 0 Å². The Bertz CT molecular complexity index is 546. The van der Waals surface area contributed by atoms with Gasteiger partial charge in [-0.25, -0.2) is 5.43 Å². The van der Waals surface area contributed by atoms with Gasteiger partial charge in [-0.2, -0.15) is 5.10 Å². The average Bonchev–Trinajstić information content (AvgIpc) is 2.44. The summed E-state index contributed by atoms with van der Waals surface area (Å²) in [6.45, 7) is 2.07. The minimum atomic E-state index is -0.299. The fourth-order valence-corrected chi connectivity index (χ4v) is 2.73. The zero-order chi connectivity index (χ0) is 15.2. The van der Waals surface area contributed by atoms with E-state index in [0.717, 1.165) is 25.0 Å². The second kappa shape index (κ2) is 7.66. The van der Waals surface area contributed by atoms with E-state index in [1.807, 2.05) is 0 Å². The third-order valence-electron chi connectivity index (χ3n) is 3.34. The van der Waals surface area contributed by atoms with Gasteiger partial charge in [0.05, 0.1) is 5.02 Å². The lowest BCUT2D eigenvalue weighted by molar-refractivity contribution is -0.123. The number of nitrogens with one attached hydrogen (secondary N) is 1. The van der Waals surface area contributed by atoms with Crippen LogP contribution in [0.2, 0.25) is 10.0 Å². The summed E-state index contributed by atoms with van der Waals surface area (Å²) in [6.07, 6.45) is 4.26. The van der Waals surface area contributed by atoms with Crippen molar-refractivity contribution in [2.75, 3.05) is 6.61 Å². The highest BCUT2D eigenvalue weighted by molar-refractivity contribution is 6.35. The molecular weight excluding hydrogens is 311 g/mol. The van der Waals surface area contributed by atoms with Gasteiger partial charge < -0.3 is 4.74 Å². The SMILES string of the molecule is C[C@H]1CCCC(=NNC(=O)COc2ccc(Cl)cc2Cl)C1. The molecule has 1 saturated carbocycles. The number of carbonyl (C=O) groups excluding carboxylic acids is 1. The largest absolute Gasteiger partial charge is 0.482 e. The van der Waals surface area contributed by atoms with Crippen LogP contribution in [0, 0.1) is 5.92 Å². The molecule has 1 amide bonds. The number of halogens is 2. The molecule has 0 saturated heterocycles. The summed E-state index contributed by atoms with van der Waals surface area (Å²) in [4.78, 5) is 11.7. The molecule has 1 aromatic carbocycles. The molecule has 1 aliphatic rings. The molecule has 1 fully saturated rings. The van der Waals surface area contributed by atoms with E-state index >= 15 is 0 Å². The second-order valence-corrected chi connectivity index (χ2v) is 6.12. The Morgan fingerprint density at radius 2 is 2.29 bits per heavy atom. The summed E-state index contributed by atoms with van der Waals surface area (Å²) in [6, 6.07) is 4.86. The van der Waals surface area contributed by atoms with Crippen LogP contribution >= 0.6 is 23.2 Å². The normalized spacial score (nSPS) is 20.3. The zero-order valence-electron chi connectivity index (χ0n) is 11.9. The van der Waals surface area contributed by atoms with Crippen molar-refractivity contribution in [1.82, 2.24) is 5.43 Å². The number of ether oxygens (including phenoxy) is 1. The Labute approximate surface area is 134 Å². The van der Waals surface area contributed by atoms with Gasteiger partial charge in [-0.05, 0) is 49.8 Å². The van der Waals surface area contributed by atoms with Gasteiger partial charge in [-0.1, -0.05) is 30.1 Å². The lowest BCUT2D eigenvalue weighted by Crippen LogP contribution is -2.27. The Balaban J connectivity index is 1.80. The summed E-state index contributed by atoms with van der Waals surface area (Å²) >= 11 is 11.7. The first-order chi connectivity index (χ1) is 10.0. The number of rotatable bonds is 4. The third-order valence-corrected chi connectivity index (χ3v) is 3.87. The predicted molar refractivity (Wildman–Crippen MR) is 85.2 cm³/mol. The number of benzene rings is 1. The molecule has 21 heavy (non-hydrogen) atoms. The minimum absolute atomic E-state index is 0.131. The first-order valence-electron chi connectivity index (χ1n) is 6.96. The van der Waals surface area contributed by atoms with E-state index in [1.165, 1.54) is 6.42 Å². The van der Waals surface area contributed by atoms with Crippen LogP contribution in [0.3, 0.4) is 0 Å². The second-order valence-electron chi connectivity index (χ2n) is 5.28. The number of hydrogen-bond donors (Lipinski definition) is 1. The highest BCUT2D eigenvalue weighted by atomic mass is 35.5. The van der Waals surface area contributed by atoms with Gasteiger partial charge in [0.1, 0.15) is 5.75 Å². The van der Waals surface area contributed by atoms with E-state index in [2.05, 4.69) is 17.5 Å². The quantitative estimate of drug-likeness (QED) is 0.847. The maximum atomic E-state index is 11.7. The van der Waals surface area contributed by atoms with Crippen molar-refractivity contribution in [1.29, 1.82) is 0 Å². The van der Waals surface area contributed by atoms with Crippen LogP contribution in [0.1, 0.15) is 32.6 Å². The standard InChI is InChI=1S/C15H18Cl2N2O2/c1-10-3-2-4-12(7-10)18-19-15(20)9-21-14-6-5-11(16)8-13(14)17/h5-6,8,10H,2-4,7,9H2,1H3,(H,19,20)/t10-/m0/s1. The van der Waals surface area contributed by atoms with Crippen LogP contribution in [0.5, 0.6) is 5.75 Å². The van der Waals surface area contributed by atoms with Crippen LogP contribution in [0.25, 0.3) is 0 Å². The maximum Gasteiger partial charge on any atom is 0.277 e. The van der Waals surface area contributed by atoms with E-state index in [-0.39, 0.29) is 12.5 Å². The molecule has 2 rings (SSSR count). The molecule has 114 valence electrons. The van der Waals surface area contributed by atoms with Crippen LogP contribution in [0.4, 0.5) is 0 Å². The summed E-state index contributed by atoms with van der Waals surface area (Å²) in [7, 11) is 0. The average molecular weight is 329 g/mol. The Kier molecular flexibility index (Phi) is 5.88. The predicted octanol–water partition coefficient (Wildman–Crippen LogP) is 4.05. The van der Waals surface area contributed by atoms with Crippen molar-refractivity contribution in [2.45, 2.75) is 32.6 Å². The third kappa shape index (κ3) is 5.21. The molecule has 0 unspecified atom stereocenters. The molecule has 1 aliphatic carbocycles. The Morgan fingerprint density at radius 3 is 3.00 bits per heavy atom. The van der Waals surface area contributed by atoms with Crippen molar-refractivity contribution in [3.8, 4) is 5.75 Å². The van der Waals surface area contributed by atoms with E-state index in [0.29, 0.717) is 21.7 Å². The molecular formula is C15H18Cl2N2O2. The highest BCUT2D eigenvalue weighted by Gasteiger charge is 2.14. The number of nitrogens with zero attached hydrogens (tertiary/aromatic N) is 1. The van der Waals surface area contributed by atoms with E-state index in [1.54, 1.807) is 18.2 Å². The number of hydrazone groups is 1. The van der Waals surface area contributed by atoms with Gasteiger partial charge in [0.15, 0.2) is 6.61 Å². The summed E-state index contributed by atoms with van der Waals surface area (Å²) in [5.74, 6) is 0.764. The van der Waals surface area contributed by atoms with Crippen molar-refractivity contribution in [3.05, 3.63) is 28.2 Å². The smallest absolute Gasteiger partial charge is 0.277 e. The molecule has 0 aromatic heterocycles. The fourth-order valence-electron chi connectivity index (χ4n) is 2.27. The first kappa shape index (κ1) is 16.1. The lowest BCUT2D eigenvalue weighted by Gasteiger charge is -2.18. The van der Waals surface area contributed by atoms with Crippen molar-refractivity contribution in [2.24, 2.45) is 11.0 Å². The highest BCUT2D eigenvalue weighted by Crippen LogP contribution is 2.27. The summed E-state index contributed by atoms with van der Waals surface area (Å²) < 4.78 is 5.34. The molecule has 1 atom stereocenters. The molecule has 0 radical (unpaired) electrons. The van der Waals surface area contributed by atoms with Crippen molar-refractivity contribution >= 4 is 34.8 Å². The molecule has 0 aliphatic heterocycles. The van der Waals surface area contributed by atoms with E-state index in [4.69, 9.17) is 27.9 Å². The number of hydrogen-bond acceptors (Lipinski definition) is 3. The van der Waals surface area contributed by atoms with Crippen molar-refractivity contribution < 1.29 is 9.53 Å².